The fraction of sp³-hybridized carbons (Fsp3) is 0.385. The van der Waals surface area contributed by atoms with E-state index in [4.69, 9.17) is 4.42 Å². The number of rotatable bonds is 6. The van der Waals surface area contributed by atoms with Gasteiger partial charge in [0.15, 0.2) is 0 Å². The summed E-state index contributed by atoms with van der Waals surface area (Å²) in [6.07, 6.45) is 1.56. The Kier molecular flexibility index (Phi) is 4.44. The monoisotopic (exact) mass is 299 g/mol. The lowest BCUT2D eigenvalue weighted by Gasteiger charge is -2.23. The average Bonchev–Trinajstić information content (AvgIpc) is 3.00. The van der Waals surface area contributed by atoms with Gasteiger partial charge in [0, 0.05) is 6.54 Å². The number of furan rings is 1. The van der Waals surface area contributed by atoms with Crippen LogP contribution >= 0.6 is 11.3 Å². The molecule has 0 N–H and O–H groups in total. The summed E-state index contributed by atoms with van der Waals surface area (Å²) in [4.78, 5) is 0. The van der Waals surface area contributed by atoms with Crippen molar-refractivity contribution in [3.63, 3.8) is 0 Å². The lowest BCUT2D eigenvalue weighted by Crippen LogP contribution is -2.35. The standard InChI is InChI=1S/C13H17NO3S2/c1-11(2)19(15,16)14(8-12-5-7-18-10-12)9-13-4-3-6-17-13/h3-7,10-11H,8-9H2,1-2H3. The van der Waals surface area contributed by atoms with Gasteiger partial charge in [-0.3, -0.25) is 0 Å². The normalized spacial score (nSPS) is 12.4. The molecule has 0 spiro atoms. The molecule has 104 valence electrons. The zero-order chi connectivity index (χ0) is 13.9. The number of hydrogen-bond acceptors (Lipinski definition) is 4. The highest BCUT2D eigenvalue weighted by atomic mass is 32.2. The van der Waals surface area contributed by atoms with Crippen LogP contribution in [0.5, 0.6) is 0 Å². The van der Waals surface area contributed by atoms with E-state index in [9.17, 15) is 8.42 Å². The molecule has 0 aliphatic heterocycles. The van der Waals surface area contributed by atoms with Crippen molar-refractivity contribution in [2.24, 2.45) is 0 Å². The molecular weight excluding hydrogens is 282 g/mol. The van der Waals surface area contributed by atoms with Crippen LogP contribution in [0.3, 0.4) is 0 Å². The maximum absolute atomic E-state index is 12.4. The molecular formula is C13H17NO3S2. The summed E-state index contributed by atoms with van der Waals surface area (Å²) in [5.74, 6) is 0.652. The molecule has 0 unspecified atom stereocenters. The number of sulfonamides is 1. The Morgan fingerprint density at radius 2 is 2.11 bits per heavy atom. The minimum atomic E-state index is -3.31. The Morgan fingerprint density at radius 1 is 1.32 bits per heavy atom. The van der Waals surface area contributed by atoms with Gasteiger partial charge >= 0.3 is 0 Å². The van der Waals surface area contributed by atoms with Crippen LogP contribution in [0.4, 0.5) is 0 Å². The van der Waals surface area contributed by atoms with Gasteiger partial charge in [-0.25, -0.2) is 8.42 Å². The van der Waals surface area contributed by atoms with Crippen LogP contribution in [0.1, 0.15) is 25.2 Å². The summed E-state index contributed by atoms with van der Waals surface area (Å²) in [5, 5.41) is 3.47. The largest absolute Gasteiger partial charge is 0.468 e. The predicted molar refractivity (Wildman–Crippen MR) is 76.3 cm³/mol. The number of hydrogen-bond donors (Lipinski definition) is 0. The number of nitrogens with zero attached hydrogens (tertiary/aromatic N) is 1. The molecule has 0 fully saturated rings. The van der Waals surface area contributed by atoms with Crippen LogP contribution in [0, 0.1) is 0 Å². The van der Waals surface area contributed by atoms with Gasteiger partial charge in [-0.05, 0) is 48.4 Å². The van der Waals surface area contributed by atoms with Crippen LogP contribution in [0.15, 0.2) is 39.6 Å². The molecule has 2 rings (SSSR count). The molecule has 0 radical (unpaired) electrons. The van der Waals surface area contributed by atoms with Crippen LogP contribution in [-0.2, 0) is 23.1 Å². The highest BCUT2D eigenvalue weighted by molar-refractivity contribution is 7.89. The fourth-order valence-electron chi connectivity index (χ4n) is 1.70. The lowest BCUT2D eigenvalue weighted by atomic mass is 10.3. The molecule has 0 aliphatic carbocycles. The minimum absolute atomic E-state index is 0.267. The Bertz CT molecular complexity index is 550. The topological polar surface area (TPSA) is 50.5 Å². The van der Waals surface area contributed by atoms with E-state index in [2.05, 4.69) is 0 Å². The molecule has 4 nitrogen and oxygen atoms in total. The fourth-order valence-corrected chi connectivity index (χ4v) is 3.59. The summed E-state index contributed by atoms with van der Waals surface area (Å²) < 4.78 is 31.5. The van der Waals surface area contributed by atoms with E-state index in [1.165, 1.54) is 4.31 Å². The Balaban J connectivity index is 2.23. The maximum atomic E-state index is 12.4. The van der Waals surface area contributed by atoms with Crippen molar-refractivity contribution < 1.29 is 12.8 Å². The summed E-state index contributed by atoms with van der Waals surface area (Å²) in [5.41, 5.74) is 1.00. The quantitative estimate of drug-likeness (QED) is 0.823. The molecule has 0 atom stereocenters. The van der Waals surface area contributed by atoms with Crippen LogP contribution in [0.2, 0.25) is 0 Å². The molecule has 2 heterocycles. The number of thiophene rings is 1. The van der Waals surface area contributed by atoms with Crippen molar-refractivity contribution in [3.8, 4) is 0 Å². The van der Waals surface area contributed by atoms with E-state index in [1.54, 1.807) is 43.6 Å². The van der Waals surface area contributed by atoms with Crippen molar-refractivity contribution in [2.75, 3.05) is 0 Å². The molecule has 0 aromatic carbocycles. The van der Waals surface area contributed by atoms with Gasteiger partial charge in [-0.15, -0.1) is 0 Å². The van der Waals surface area contributed by atoms with Gasteiger partial charge in [0.1, 0.15) is 5.76 Å². The summed E-state index contributed by atoms with van der Waals surface area (Å²) in [7, 11) is -3.31. The third-order valence-electron chi connectivity index (χ3n) is 2.81. The molecule has 0 saturated heterocycles. The average molecular weight is 299 g/mol. The van der Waals surface area contributed by atoms with Gasteiger partial charge < -0.3 is 4.42 Å². The molecule has 2 aromatic rings. The molecule has 6 heteroatoms. The zero-order valence-electron chi connectivity index (χ0n) is 10.9. The first-order valence-corrected chi connectivity index (χ1v) is 8.47. The summed E-state index contributed by atoms with van der Waals surface area (Å²) in [6, 6.07) is 5.49. The summed E-state index contributed by atoms with van der Waals surface area (Å²) >= 11 is 1.56. The predicted octanol–water partition coefficient (Wildman–Crippen LogP) is 3.08. The molecule has 19 heavy (non-hydrogen) atoms. The van der Waals surface area contributed by atoms with Crippen molar-refractivity contribution in [2.45, 2.75) is 32.2 Å². The van der Waals surface area contributed by atoms with E-state index in [0.29, 0.717) is 12.3 Å². The lowest BCUT2D eigenvalue weighted by molar-refractivity contribution is 0.356. The zero-order valence-corrected chi connectivity index (χ0v) is 12.6. The third kappa shape index (κ3) is 3.46. The molecule has 2 aromatic heterocycles. The molecule has 0 aliphatic rings. The van der Waals surface area contributed by atoms with Gasteiger partial charge in [0.2, 0.25) is 10.0 Å². The smallest absolute Gasteiger partial charge is 0.217 e. The maximum Gasteiger partial charge on any atom is 0.217 e. The first-order chi connectivity index (χ1) is 9.00. The second-order valence-corrected chi connectivity index (χ2v) is 7.84. The van der Waals surface area contributed by atoms with Gasteiger partial charge in [-0.2, -0.15) is 15.6 Å². The van der Waals surface area contributed by atoms with Crippen molar-refractivity contribution in [1.82, 2.24) is 4.31 Å². The van der Waals surface area contributed by atoms with Crippen molar-refractivity contribution in [3.05, 3.63) is 46.5 Å². The second kappa shape index (κ2) is 5.90. The van der Waals surface area contributed by atoms with Crippen LogP contribution < -0.4 is 0 Å². The van der Waals surface area contributed by atoms with Crippen molar-refractivity contribution >= 4 is 21.4 Å². The highest BCUT2D eigenvalue weighted by Crippen LogP contribution is 2.19. The highest BCUT2D eigenvalue weighted by Gasteiger charge is 2.26. The van der Waals surface area contributed by atoms with Gasteiger partial charge in [0.05, 0.1) is 18.1 Å². The Hall–Kier alpha value is -1.11. The molecule has 0 saturated carbocycles. The Morgan fingerprint density at radius 3 is 2.63 bits per heavy atom. The first kappa shape index (κ1) is 14.3. The third-order valence-corrected chi connectivity index (χ3v) is 5.71. The second-order valence-electron chi connectivity index (χ2n) is 4.57. The minimum Gasteiger partial charge on any atom is -0.468 e. The van der Waals surface area contributed by atoms with Crippen LogP contribution in [0.25, 0.3) is 0 Å². The van der Waals surface area contributed by atoms with Gasteiger partial charge in [0.25, 0.3) is 0 Å². The van der Waals surface area contributed by atoms with E-state index >= 15 is 0 Å². The van der Waals surface area contributed by atoms with Crippen molar-refractivity contribution in [1.29, 1.82) is 0 Å². The van der Waals surface area contributed by atoms with E-state index < -0.39 is 15.3 Å². The Labute approximate surface area is 117 Å². The van der Waals surface area contributed by atoms with Gasteiger partial charge in [-0.1, -0.05) is 0 Å². The van der Waals surface area contributed by atoms with E-state index in [1.807, 2.05) is 16.8 Å². The van der Waals surface area contributed by atoms with Crippen LogP contribution in [-0.4, -0.2) is 18.0 Å². The SMILES string of the molecule is CC(C)S(=O)(=O)N(Cc1ccsc1)Cc1ccco1. The van der Waals surface area contributed by atoms with E-state index in [0.717, 1.165) is 5.56 Å². The van der Waals surface area contributed by atoms with E-state index in [-0.39, 0.29) is 6.54 Å². The molecule has 0 amide bonds. The first-order valence-electron chi connectivity index (χ1n) is 6.02. The summed E-state index contributed by atoms with van der Waals surface area (Å²) in [6.45, 7) is 4.03. The molecule has 0 bridgehead atoms.